The molecule has 2 atom stereocenters. The number of carbonyl (C=O) groups is 1. The third kappa shape index (κ3) is 4.02. The first kappa shape index (κ1) is 20.8. The number of nitrogens with one attached hydrogen (secondary N) is 1. The highest BCUT2D eigenvalue weighted by Crippen LogP contribution is 2.40. The SMILES string of the molecule is Cc1cc(N2C(=O)N(C)C[C@@H]2C2CC2)nc(N[C@@H](C)c2cn(-c3ccc(Cl)cc3)cn2)n1. The third-order valence-electron chi connectivity index (χ3n) is 6.10. The molecule has 1 aliphatic carbocycles. The van der Waals surface area contributed by atoms with Gasteiger partial charge in [0.25, 0.3) is 0 Å². The summed E-state index contributed by atoms with van der Waals surface area (Å²) in [6.07, 6.45) is 6.09. The van der Waals surface area contributed by atoms with Crippen LogP contribution < -0.4 is 10.2 Å². The van der Waals surface area contributed by atoms with Crippen LogP contribution in [0.2, 0.25) is 5.02 Å². The number of hydrogen-bond acceptors (Lipinski definition) is 5. The first-order valence-corrected chi connectivity index (χ1v) is 11.2. The monoisotopic (exact) mass is 451 g/mol. The lowest BCUT2D eigenvalue weighted by molar-refractivity contribution is 0.229. The summed E-state index contributed by atoms with van der Waals surface area (Å²) in [6.45, 7) is 4.68. The minimum absolute atomic E-state index is 0.000654. The topological polar surface area (TPSA) is 79.2 Å². The molecule has 3 aromatic rings. The number of aromatic nitrogens is 4. The van der Waals surface area contributed by atoms with Crippen molar-refractivity contribution in [1.29, 1.82) is 0 Å². The first-order chi connectivity index (χ1) is 15.4. The van der Waals surface area contributed by atoms with Crippen LogP contribution in [-0.4, -0.2) is 50.1 Å². The normalized spacial score (nSPS) is 19.5. The average molecular weight is 452 g/mol. The van der Waals surface area contributed by atoms with Crippen molar-refractivity contribution in [2.24, 2.45) is 5.92 Å². The molecule has 1 saturated carbocycles. The molecule has 3 heterocycles. The molecule has 8 nitrogen and oxygen atoms in total. The van der Waals surface area contributed by atoms with Gasteiger partial charge in [-0.1, -0.05) is 11.6 Å². The van der Waals surface area contributed by atoms with E-state index in [-0.39, 0.29) is 18.1 Å². The number of carbonyl (C=O) groups excluding carboxylic acids is 1. The Kier molecular flexibility index (Phi) is 5.25. The number of amides is 2. The first-order valence-electron chi connectivity index (χ1n) is 10.9. The minimum Gasteiger partial charge on any atom is -0.346 e. The Bertz CT molecular complexity index is 1140. The lowest BCUT2D eigenvalue weighted by atomic mass is 10.2. The Morgan fingerprint density at radius 1 is 1.19 bits per heavy atom. The molecular formula is C23H26ClN7O. The second-order valence-corrected chi connectivity index (χ2v) is 9.11. The summed E-state index contributed by atoms with van der Waals surface area (Å²) in [5.41, 5.74) is 2.66. The highest BCUT2D eigenvalue weighted by molar-refractivity contribution is 6.30. The lowest BCUT2D eigenvalue weighted by Crippen LogP contribution is -2.36. The zero-order valence-electron chi connectivity index (χ0n) is 18.4. The van der Waals surface area contributed by atoms with E-state index in [0.29, 0.717) is 22.7 Å². The number of aryl methyl sites for hydroxylation is 1. The summed E-state index contributed by atoms with van der Waals surface area (Å²) in [5, 5.41) is 4.05. The van der Waals surface area contributed by atoms with E-state index in [1.807, 2.05) is 66.9 Å². The molecule has 166 valence electrons. The average Bonchev–Trinajstić information content (AvgIpc) is 3.40. The van der Waals surface area contributed by atoms with E-state index in [4.69, 9.17) is 16.6 Å². The van der Waals surface area contributed by atoms with Crippen molar-refractivity contribution in [3.8, 4) is 5.69 Å². The number of urea groups is 1. The van der Waals surface area contributed by atoms with Crippen molar-refractivity contribution in [2.75, 3.05) is 23.8 Å². The summed E-state index contributed by atoms with van der Waals surface area (Å²) < 4.78 is 1.95. The largest absolute Gasteiger partial charge is 0.346 e. The molecular weight excluding hydrogens is 426 g/mol. The summed E-state index contributed by atoms with van der Waals surface area (Å²) >= 11 is 5.99. The fraction of sp³-hybridized carbons (Fsp3) is 0.391. The Morgan fingerprint density at radius 3 is 2.66 bits per heavy atom. The molecule has 2 amide bonds. The molecule has 0 unspecified atom stereocenters. The van der Waals surface area contributed by atoms with Crippen LogP contribution in [-0.2, 0) is 0 Å². The predicted molar refractivity (Wildman–Crippen MR) is 124 cm³/mol. The number of hydrogen-bond donors (Lipinski definition) is 1. The van der Waals surface area contributed by atoms with E-state index in [0.717, 1.165) is 23.6 Å². The van der Waals surface area contributed by atoms with Crippen molar-refractivity contribution in [1.82, 2.24) is 24.4 Å². The predicted octanol–water partition coefficient (Wildman–Crippen LogP) is 4.45. The van der Waals surface area contributed by atoms with Gasteiger partial charge in [-0.2, -0.15) is 4.98 Å². The van der Waals surface area contributed by atoms with Crippen molar-refractivity contribution in [2.45, 2.75) is 38.8 Å². The van der Waals surface area contributed by atoms with Crippen LogP contribution in [0.3, 0.4) is 0 Å². The highest BCUT2D eigenvalue weighted by Gasteiger charge is 2.45. The van der Waals surface area contributed by atoms with Gasteiger partial charge in [-0.05, 0) is 56.9 Å². The van der Waals surface area contributed by atoms with E-state index in [1.54, 1.807) is 11.2 Å². The van der Waals surface area contributed by atoms with Crippen LogP contribution in [0, 0.1) is 12.8 Å². The Morgan fingerprint density at radius 2 is 1.94 bits per heavy atom. The number of rotatable bonds is 6. The highest BCUT2D eigenvalue weighted by atomic mass is 35.5. The van der Waals surface area contributed by atoms with Crippen LogP contribution >= 0.6 is 11.6 Å². The van der Waals surface area contributed by atoms with Gasteiger partial charge in [0.1, 0.15) is 5.82 Å². The fourth-order valence-electron chi connectivity index (χ4n) is 4.20. The quantitative estimate of drug-likeness (QED) is 0.599. The van der Waals surface area contributed by atoms with Gasteiger partial charge >= 0.3 is 6.03 Å². The number of imidazole rings is 1. The number of anilines is 2. The van der Waals surface area contributed by atoms with Gasteiger partial charge in [0.05, 0.1) is 24.1 Å². The van der Waals surface area contributed by atoms with Crippen LogP contribution in [0.25, 0.3) is 5.69 Å². The maximum atomic E-state index is 12.8. The Labute approximate surface area is 192 Å². The molecule has 2 aliphatic rings. The molecule has 2 aromatic heterocycles. The molecule has 1 aromatic carbocycles. The van der Waals surface area contributed by atoms with Gasteiger partial charge in [0, 0.05) is 42.3 Å². The maximum Gasteiger partial charge on any atom is 0.325 e. The summed E-state index contributed by atoms with van der Waals surface area (Å²) in [4.78, 5) is 30.2. The van der Waals surface area contributed by atoms with E-state index >= 15 is 0 Å². The number of benzene rings is 1. The lowest BCUT2D eigenvalue weighted by Gasteiger charge is -2.23. The molecule has 0 radical (unpaired) electrons. The van der Waals surface area contributed by atoms with E-state index in [9.17, 15) is 4.79 Å². The zero-order chi connectivity index (χ0) is 22.4. The van der Waals surface area contributed by atoms with Crippen molar-refractivity contribution >= 4 is 29.4 Å². The van der Waals surface area contributed by atoms with E-state index < -0.39 is 0 Å². The molecule has 0 spiro atoms. The summed E-state index contributed by atoms with van der Waals surface area (Å²) in [7, 11) is 1.85. The number of likely N-dealkylation sites (N-methyl/N-ethyl adjacent to an activating group) is 1. The van der Waals surface area contributed by atoms with Crippen LogP contribution in [0.1, 0.15) is 37.2 Å². The van der Waals surface area contributed by atoms with E-state index in [1.165, 1.54) is 12.8 Å². The van der Waals surface area contributed by atoms with Crippen LogP contribution in [0.5, 0.6) is 0 Å². The molecule has 5 rings (SSSR count). The van der Waals surface area contributed by atoms with Crippen molar-refractivity contribution < 1.29 is 4.79 Å². The smallest absolute Gasteiger partial charge is 0.325 e. The van der Waals surface area contributed by atoms with Gasteiger partial charge in [-0.3, -0.25) is 4.90 Å². The summed E-state index contributed by atoms with van der Waals surface area (Å²) in [5.74, 6) is 1.71. The molecule has 1 N–H and O–H groups in total. The van der Waals surface area contributed by atoms with Gasteiger partial charge in [-0.15, -0.1) is 0 Å². The van der Waals surface area contributed by atoms with Gasteiger partial charge in [0.2, 0.25) is 5.95 Å². The zero-order valence-corrected chi connectivity index (χ0v) is 19.1. The molecule has 2 fully saturated rings. The Hall–Kier alpha value is -3.13. The third-order valence-corrected chi connectivity index (χ3v) is 6.35. The second kappa shape index (κ2) is 8.09. The van der Waals surface area contributed by atoms with Gasteiger partial charge in [0.15, 0.2) is 0 Å². The molecule has 32 heavy (non-hydrogen) atoms. The van der Waals surface area contributed by atoms with E-state index in [2.05, 4.69) is 15.3 Å². The van der Waals surface area contributed by atoms with Crippen LogP contribution in [0.4, 0.5) is 16.6 Å². The van der Waals surface area contributed by atoms with Crippen molar-refractivity contribution in [3.63, 3.8) is 0 Å². The van der Waals surface area contributed by atoms with Crippen molar-refractivity contribution in [3.05, 3.63) is 59.3 Å². The minimum atomic E-state index is -0.116. The Balaban J connectivity index is 1.36. The molecule has 0 bridgehead atoms. The molecule has 1 saturated heterocycles. The molecule has 1 aliphatic heterocycles. The second-order valence-electron chi connectivity index (χ2n) is 8.68. The number of nitrogens with zero attached hydrogens (tertiary/aromatic N) is 6. The standard InChI is InChI=1S/C23H26ClN7O/c1-14-10-21(31-20(16-4-5-16)12-29(3)23(31)32)28-22(26-14)27-15(2)19-11-30(13-25-19)18-8-6-17(24)7-9-18/h6-11,13,15-16,20H,4-5,12H2,1-3H3,(H,26,27,28)/t15-,20+/m0/s1. The van der Waals surface area contributed by atoms with Crippen LogP contribution in [0.15, 0.2) is 42.9 Å². The fourth-order valence-corrected chi connectivity index (χ4v) is 4.32. The van der Waals surface area contributed by atoms with Gasteiger partial charge in [-0.25, -0.2) is 14.8 Å². The molecule has 9 heteroatoms. The van der Waals surface area contributed by atoms with Gasteiger partial charge < -0.3 is 14.8 Å². The maximum absolute atomic E-state index is 12.8. The summed E-state index contributed by atoms with van der Waals surface area (Å²) in [6, 6.07) is 9.55. The number of halogens is 1.